The molecular weight excluding hydrogens is 292 g/mol. The molecule has 0 fully saturated rings. The molecule has 3 aromatic rings. The molecule has 2 aromatic heterocycles. The number of benzene rings is 1. The third-order valence-corrected chi connectivity index (χ3v) is 3.00. The Hall–Kier alpha value is -2.19. The lowest BCUT2D eigenvalue weighted by molar-refractivity contribution is 0.849. The molecule has 18 heavy (non-hydrogen) atoms. The second-order valence-electron chi connectivity index (χ2n) is 3.77. The zero-order valence-corrected chi connectivity index (χ0v) is 10.8. The minimum Gasteiger partial charge on any atom is -0.227 e. The van der Waals surface area contributed by atoms with Crippen molar-refractivity contribution in [1.29, 1.82) is 5.26 Å². The summed E-state index contributed by atoms with van der Waals surface area (Å²) < 4.78 is 2.44. The number of para-hydroxylation sites is 1. The first kappa shape index (κ1) is 10.9. The second-order valence-corrected chi connectivity index (χ2v) is 4.68. The van der Waals surface area contributed by atoms with Gasteiger partial charge >= 0.3 is 0 Å². The maximum absolute atomic E-state index is 9.20. The van der Waals surface area contributed by atoms with Gasteiger partial charge in [0.1, 0.15) is 6.07 Å². The van der Waals surface area contributed by atoms with Gasteiger partial charge < -0.3 is 0 Å². The van der Waals surface area contributed by atoms with Crippen molar-refractivity contribution >= 4 is 26.8 Å². The minimum atomic E-state index is 0.504. The van der Waals surface area contributed by atoms with Gasteiger partial charge in [-0.2, -0.15) is 10.4 Å². The van der Waals surface area contributed by atoms with Crippen LogP contribution in [0.5, 0.6) is 0 Å². The molecule has 0 spiro atoms. The van der Waals surface area contributed by atoms with Gasteiger partial charge in [-0.3, -0.25) is 0 Å². The van der Waals surface area contributed by atoms with Crippen LogP contribution in [0.3, 0.4) is 0 Å². The van der Waals surface area contributed by atoms with Crippen molar-refractivity contribution in [3.8, 4) is 11.9 Å². The summed E-state index contributed by atoms with van der Waals surface area (Å²) in [5.41, 5.74) is 1.35. The van der Waals surface area contributed by atoms with Crippen LogP contribution in [0, 0.1) is 11.3 Å². The Morgan fingerprint density at radius 1 is 1.28 bits per heavy atom. The van der Waals surface area contributed by atoms with Crippen LogP contribution in [0.1, 0.15) is 5.56 Å². The lowest BCUT2D eigenvalue weighted by Gasteiger charge is -2.05. The van der Waals surface area contributed by atoms with Crippen molar-refractivity contribution in [2.75, 3.05) is 0 Å². The molecule has 0 aliphatic heterocycles. The van der Waals surface area contributed by atoms with Crippen LogP contribution in [0.15, 0.2) is 47.2 Å². The largest absolute Gasteiger partial charge is 0.227 e. The molecule has 2 heterocycles. The van der Waals surface area contributed by atoms with Crippen molar-refractivity contribution in [2.45, 2.75) is 0 Å². The number of nitrogens with zero attached hydrogens (tertiary/aromatic N) is 4. The summed E-state index contributed by atoms with van der Waals surface area (Å²) in [6.45, 7) is 0. The van der Waals surface area contributed by atoms with E-state index in [1.54, 1.807) is 17.1 Å². The quantitative estimate of drug-likeness (QED) is 0.694. The van der Waals surface area contributed by atoms with Gasteiger partial charge in [-0.05, 0) is 28.1 Å². The van der Waals surface area contributed by atoms with Crippen LogP contribution in [0.25, 0.3) is 16.7 Å². The van der Waals surface area contributed by atoms with Gasteiger partial charge in [0.15, 0.2) is 5.82 Å². The maximum atomic E-state index is 9.20. The molecular formula is C13H7BrN4. The Balaban J connectivity index is 2.31. The highest BCUT2D eigenvalue weighted by molar-refractivity contribution is 9.10. The Labute approximate surface area is 112 Å². The highest BCUT2D eigenvalue weighted by atomic mass is 79.9. The molecule has 0 aliphatic rings. The van der Waals surface area contributed by atoms with E-state index in [2.05, 4.69) is 32.1 Å². The molecule has 0 unspecified atom stereocenters. The predicted octanol–water partition coefficient (Wildman–Crippen LogP) is 3.05. The number of hydrogen-bond acceptors (Lipinski definition) is 3. The monoisotopic (exact) mass is 298 g/mol. The van der Waals surface area contributed by atoms with E-state index < -0.39 is 0 Å². The van der Waals surface area contributed by atoms with E-state index >= 15 is 0 Å². The summed E-state index contributed by atoms with van der Waals surface area (Å²) in [4.78, 5) is 4.49. The summed E-state index contributed by atoms with van der Waals surface area (Å²) in [5.74, 6) is 0.543. The van der Waals surface area contributed by atoms with Crippen LogP contribution >= 0.6 is 15.9 Å². The third kappa shape index (κ3) is 1.77. The number of nitriles is 1. The lowest BCUT2D eigenvalue weighted by atomic mass is 10.1. The van der Waals surface area contributed by atoms with Gasteiger partial charge in [0, 0.05) is 11.6 Å². The SMILES string of the molecule is N#Cc1cc2ccccc2nc1-n1cc(Br)cn1. The normalized spacial score (nSPS) is 10.4. The van der Waals surface area contributed by atoms with Crippen LogP contribution in [-0.4, -0.2) is 14.8 Å². The second kappa shape index (κ2) is 4.24. The van der Waals surface area contributed by atoms with Crippen LogP contribution in [-0.2, 0) is 0 Å². The van der Waals surface area contributed by atoms with E-state index in [1.165, 1.54) is 0 Å². The first-order valence-corrected chi connectivity index (χ1v) is 6.07. The van der Waals surface area contributed by atoms with E-state index in [0.717, 1.165) is 15.4 Å². The number of halogens is 1. The molecule has 0 radical (unpaired) electrons. The van der Waals surface area contributed by atoms with Gasteiger partial charge in [-0.1, -0.05) is 18.2 Å². The van der Waals surface area contributed by atoms with Crippen molar-refractivity contribution in [2.24, 2.45) is 0 Å². The molecule has 3 rings (SSSR count). The first-order chi connectivity index (χ1) is 8.78. The average Bonchev–Trinajstić information content (AvgIpc) is 2.83. The summed E-state index contributed by atoms with van der Waals surface area (Å²) >= 11 is 3.33. The molecule has 5 heteroatoms. The Morgan fingerprint density at radius 3 is 2.83 bits per heavy atom. The standard InChI is InChI=1S/C13H7BrN4/c14-11-7-16-18(8-11)13-10(6-15)5-9-3-1-2-4-12(9)17-13/h1-5,7-8H. The van der Waals surface area contributed by atoms with E-state index in [0.29, 0.717) is 11.4 Å². The highest BCUT2D eigenvalue weighted by Gasteiger charge is 2.09. The molecule has 0 atom stereocenters. The molecule has 1 aromatic carbocycles. The van der Waals surface area contributed by atoms with Crippen molar-refractivity contribution in [3.63, 3.8) is 0 Å². The van der Waals surface area contributed by atoms with Gasteiger partial charge in [-0.25, -0.2) is 9.67 Å². The third-order valence-electron chi connectivity index (χ3n) is 2.59. The number of aromatic nitrogens is 3. The number of pyridine rings is 1. The molecule has 0 saturated carbocycles. The van der Waals surface area contributed by atoms with Gasteiger partial charge in [-0.15, -0.1) is 0 Å². The van der Waals surface area contributed by atoms with Gasteiger partial charge in [0.25, 0.3) is 0 Å². The zero-order chi connectivity index (χ0) is 12.5. The fraction of sp³-hybridized carbons (Fsp3) is 0. The summed E-state index contributed by atoms with van der Waals surface area (Å²) in [6, 6.07) is 11.7. The number of rotatable bonds is 1. The van der Waals surface area contributed by atoms with Crippen LogP contribution < -0.4 is 0 Å². The Bertz CT molecular complexity index is 770. The Kier molecular flexibility index (Phi) is 2.58. The molecule has 86 valence electrons. The summed E-state index contributed by atoms with van der Waals surface area (Å²) in [7, 11) is 0. The fourth-order valence-electron chi connectivity index (χ4n) is 1.78. The maximum Gasteiger partial charge on any atom is 0.171 e. The highest BCUT2D eigenvalue weighted by Crippen LogP contribution is 2.20. The topological polar surface area (TPSA) is 54.5 Å². The van der Waals surface area contributed by atoms with Gasteiger partial charge in [0.2, 0.25) is 0 Å². The minimum absolute atomic E-state index is 0.504. The molecule has 0 amide bonds. The molecule has 0 saturated heterocycles. The predicted molar refractivity (Wildman–Crippen MR) is 71.3 cm³/mol. The van der Waals surface area contributed by atoms with E-state index in [-0.39, 0.29) is 0 Å². The lowest BCUT2D eigenvalue weighted by Crippen LogP contribution is -2.01. The smallest absolute Gasteiger partial charge is 0.171 e. The summed E-state index contributed by atoms with van der Waals surface area (Å²) in [5, 5.41) is 14.3. The molecule has 0 N–H and O–H groups in total. The number of hydrogen-bond donors (Lipinski definition) is 0. The van der Waals surface area contributed by atoms with E-state index in [4.69, 9.17) is 0 Å². The average molecular weight is 299 g/mol. The number of fused-ring (bicyclic) bond motifs is 1. The van der Waals surface area contributed by atoms with Crippen LogP contribution in [0.4, 0.5) is 0 Å². The van der Waals surface area contributed by atoms with Crippen molar-refractivity contribution in [1.82, 2.24) is 14.8 Å². The van der Waals surface area contributed by atoms with E-state index in [1.807, 2.05) is 30.3 Å². The van der Waals surface area contributed by atoms with Gasteiger partial charge in [0.05, 0.1) is 21.7 Å². The van der Waals surface area contributed by atoms with Crippen molar-refractivity contribution < 1.29 is 0 Å². The first-order valence-electron chi connectivity index (χ1n) is 5.28. The Morgan fingerprint density at radius 2 is 2.11 bits per heavy atom. The van der Waals surface area contributed by atoms with E-state index in [9.17, 15) is 5.26 Å². The van der Waals surface area contributed by atoms with Crippen molar-refractivity contribution in [3.05, 3.63) is 52.8 Å². The summed E-state index contributed by atoms with van der Waals surface area (Å²) in [6.07, 6.45) is 3.44. The zero-order valence-electron chi connectivity index (χ0n) is 9.21. The molecule has 4 nitrogen and oxygen atoms in total. The van der Waals surface area contributed by atoms with Crippen LogP contribution in [0.2, 0.25) is 0 Å². The molecule has 0 bridgehead atoms. The molecule has 0 aliphatic carbocycles. The fourth-order valence-corrected chi connectivity index (χ4v) is 2.06.